The number of hydrogen-bond donors (Lipinski definition) is 1. The Morgan fingerprint density at radius 3 is 2.39 bits per heavy atom. The molecular formula is C27H31ClFN3O. The van der Waals surface area contributed by atoms with Gasteiger partial charge in [0.1, 0.15) is 5.82 Å². The lowest BCUT2D eigenvalue weighted by Crippen LogP contribution is -2.43. The van der Waals surface area contributed by atoms with Gasteiger partial charge in [0, 0.05) is 30.8 Å². The van der Waals surface area contributed by atoms with Gasteiger partial charge in [0.25, 0.3) is 0 Å². The van der Waals surface area contributed by atoms with Gasteiger partial charge in [-0.15, -0.1) is 12.4 Å². The Morgan fingerprint density at radius 1 is 1.03 bits per heavy atom. The molecule has 174 valence electrons. The van der Waals surface area contributed by atoms with E-state index in [1.54, 1.807) is 6.07 Å². The normalized spacial score (nSPS) is 15.5. The summed E-state index contributed by atoms with van der Waals surface area (Å²) in [5.74, 6) is -0.658. The van der Waals surface area contributed by atoms with Crippen molar-refractivity contribution >= 4 is 24.0 Å². The molecule has 2 aromatic carbocycles. The van der Waals surface area contributed by atoms with Gasteiger partial charge in [0.15, 0.2) is 0 Å². The molecule has 1 N–H and O–H groups in total. The van der Waals surface area contributed by atoms with Crippen LogP contribution in [0.15, 0.2) is 72.9 Å². The molecule has 0 radical (unpaired) electrons. The minimum atomic E-state index is -0.389. The molecule has 0 aliphatic carbocycles. The largest absolute Gasteiger partial charge is 0.324 e. The molecule has 4 rings (SSSR count). The van der Waals surface area contributed by atoms with Crippen LogP contribution >= 0.6 is 12.4 Å². The summed E-state index contributed by atoms with van der Waals surface area (Å²) in [6.45, 7) is 3.97. The zero-order chi connectivity index (χ0) is 22.4. The van der Waals surface area contributed by atoms with E-state index in [4.69, 9.17) is 4.98 Å². The second-order valence-electron chi connectivity index (χ2n) is 8.75. The van der Waals surface area contributed by atoms with Crippen LogP contribution in [0.4, 0.5) is 10.1 Å². The van der Waals surface area contributed by atoms with Gasteiger partial charge in [-0.3, -0.25) is 14.7 Å². The summed E-state index contributed by atoms with van der Waals surface area (Å²) in [5.41, 5.74) is 3.76. The number of aryl methyl sites for hydroxylation is 1. The zero-order valence-corrected chi connectivity index (χ0v) is 19.8. The van der Waals surface area contributed by atoms with Crippen LogP contribution in [0.3, 0.4) is 0 Å². The van der Waals surface area contributed by atoms with Crippen LogP contribution < -0.4 is 5.32 Å². The smallest absolute Gasteiger partial charge is 0.221 e. The number of anilines is 1. The first kappa shape index (κ1) is 24.9. The summed E-state index contributed by atoms with van der Waals surface area (Å²) in [6, 6.07) is 21.9. The summed E-state index contributed by atoms with van der Waals surface area (Å²) in [6.07, 6.45) is 6.06. The number of carbonyl (C=O) groups is 1. The molecular weight excluding hydrogens is 437 g/mol. The SMILES string of the molecule is CC(=O)Nc1ccc(CN2CCC(CCc3ccccc3)(c3ccccn3)CC2)cc1F.Cl. The average molecular weight is 468 g/mol. The van der Waals surface area contributed by atoms with E-state index in [2.05, 4.69) is 52.7 Å². The van der Waals surface area contributed by atoms with Gasteiger partial charge in [-0.25, -0.2) is 4.39 Å². The van der Waals surface area contributed by atoms with Crippen molar-refractivity contribution < 1.29 is 9.18 Å². The lowest BCUT2D eigenvalue weighted by molar-refractivity contribution is -0.114. The number of hydrogen-bond acceptors (Lipinski definition) is 3. The number of nitrogens with one attached hydrogen (secondary N) is 1. The highest BCUT2D eigenvalue weighted by molar-refractivity contribution is 5.88. The van der Waals surface area contributed by atoms with Crippen molar-refractivity contribution in [1.29, 1.82) is 0 Å². The van der Waals surface area contributed by atoms with E-state index in [-0.39, 0.29) is 35.2 Å². The molecule has 1 aromatic heterocycles. The van der Waals surface area contributed by atoms with Crippen LogP contribution in [0.5, 0.6) is 0 Å². The number of rotatable bonds is 7. The summed E-state index contributed by atoms with van der Waals surface area (Å²) in [5, 5.41) is 2.53. The Balaban J connectivity index is 0.00000306. The highest BCUT2D eigenvalue weighted by atomic mass is 35.5. The minimum Gasteiger partial charge on any atom is -0.324 e. The van der Waals surface area contributed by atoms with E-state index >= 15 is 0 Å². The van der Waals surface area contributed by atoms with Gasteiger partial charge < -0.3 is 5.32 Å². The third-order valence-electron chi connectivity index (χ3n) is 6.51. The molecule has 1 aliphatic heterocycles. The summed E-state index contributed by atoms with van der Waals surface area (Å²) >= 11 is 0. The number of aromatic nitrogens is 1. The number of pyridine rings is 1. The van der Waals surface area contributed by atoms with Gasteiger partial charge in [0.05, 0.1) is 5.69 Å². The molecule has 0 spiro atoms. The number of nitrogens with zero attached hydrogens (tertiary/aromatic N) is 2. The van der Waals surface area contributed by atoms with Crippen molar-refractivity contribution in [2.24, 2.45) is 0 Å². The first-order valence-corrected chi connectivity index (χ1v) is 11.3. The molecule has 33 heavy (non-hydrogen) atoms. The third-order valence-corrected chi connectivity index (χ3v) is 6.51. The number of amides is 1. The average Bonchev–Trinajstić information content (AvgIpc) is 2.82. The van der Waals surface area contributed by atoms with E-state index in [0.29, 0.717) is 6.54 Å². The Hall–Kier alpha value is -2.76. The molecule has 2 heterocycles. The molecule has 3 aromatic rings. The maximum atomic E-state index is 14.3. The van der Waals surface area contributed by atoms with Crippen LogP contribution in [-0.2, 0) is 23.2 Å². The second kappa shape index (κ2) is 11.4. The van der Waals surface area contributed by atoms with E-state index < -0.39 is 0 Å². The monoisotopic (exact) mass is 467 g/mol. The quantitative estimate of drug-likeness (QED) is 0.480. The summed E-state index contributed by atoms with van der Waals surface area (Å²) < 4.78 is 14.3. The van der Waals surface area contributed by atoms with Crippen LogP contribution in [0.25, 0.3) is 0 Å². The number of benzene rings is 2. The second-order valence-corrected chi connectivity index (χ2v) is 8.75. The lowest BCUT2D eigenvalue weighted by atomic mass is 9.71. The Morgan fingerprint density at radius 2 is 1.76 bits per heavy atom. The molecule has 1 saturated heterocycles. The Bertz CT molecular complexity index is 1040. The van der Waals surface area contributed by atoms with E-state index in [0.717, 1.165) is 44.3 Å². The summed E-state index contributed by atoms with van der Waals surface area (Å²) in [7, 11) is 0. The van der Waals surface area contributed by atoms with Crippen molar-refractivity contribution in [2.75, 3.05) is 18.4 Å². The van der Waals surface area contributed by atoms with E-state index in [1.165, 1.54) is 24.2 Å². The van der Waals surface area contributed by atoms with Gasteiger partial charge in [0.2, 0.25) is 5.91 Å². The molecule has 1 amide bonds. The third kappa shape index (κ3) is 6.40. The number of halogens is 2. The number of piperidine rings is 1. The molecule has 0 atom stereocenters. The van der Waals surface area contributed by atoms with Crippen LogP contribution in [0, 0.1) is 5.82 Å². The molecule has 1 aliphatic rings. The first-order valence-electron chi connectivity index (χ1n) is 11.3. The minimum absolute atomic E-state index is 0. The van der Waals surface area contributed by atoms with Gasteiger partial charge in [-0.2, -0.15) is 0 Å². The molecule has 0 saturated carbocycles. The maximum Gasteiger partial charge on any atom is 0.221 e. The lowest BCUT2D eigenvalue weighted by Gasteiger charge is -2.42. The van der Waals surface area contributed by atoms with Crippen molar-refractivity contribution in [1.82, 2.24) is 9.88 Å². The van der Waals surface area contributed by atoms with Crippen LogP contribution in [0.2, 0.25) is 0 Å². The molecule has 0 unspecified atom stereocenters. The van der Waals surface area contributed by atoms with E-state index in [1.807, 2.05) is 18.3 Å². The van der Waals surface area contributed by atoms with Crippen molar-refractivity contribution in [2.45, 2.75) is 44.6 Å². The fraction of sp³-hybridized carbons (Fsp3) is 0.333. The fourth-order valence-electron chi connectivity index (χ4n) is 4.68. The predicted molar refractivity (Wildman–Crippen MR) is 133 cm³/mol. The van der Waals surface area contributed by atoms with Crippen LogP contribution in [0.1, 0.15) is 43.0 Å². The fourth-order valence-corrected chi connectivity index (χ4v) is 4.68. The topological polar surface area (TPSA) is 45.2 Å². The number of likely N-dealkylation sites (tertiary alicyclic amines) is 1. The number of carbonyl (C=O) groups excluding carboxylic acids is 1. The highest BCUT2D eigenvalue weighted by Gasteiger charge is 2.37. The van der Waals surface area contributed by atoms with Gasteiger partial charge in [-0.1, -0.05) is 42.5 Å². The summed E-state index contributed by atoms with van der Waals surface area (Å²) in [4.78, 5) is 18.3. The molecule has 6 heteroatoms. The van der Waals surface area contributed by atoms with Gasteiger partial charge >= 0.3 is 0 Å². The predicted octanol–water partition coefficient (Wildman–Crippen LogP) is 5.77. The molecule has 1 fully saturated rings. The molecule has 0 bridgehead atoms. The first-order chi connectivity index (χ1) is 15.5. The standard InChI is InChI=1S/C27H30FN3O.ClH/c1-21(32)30-25-11-10-23(19-24(25)28)20-31-17-14-27(15-18-31,26-9-5-6-16-29-26)13-12-22-7-3-2-4-8-22;/h2-11,16,19H,12-15,17-18,20H2,1H3,(H,30,32);1H. The van der Waals surface area contributed by atoms with Gasteiger partial charge in [-0.05, 0) is 74.2 Å². The molecule has 4 nitrogen and oxygen atoms in total. The highest BCUT2D eigenvalue weighted by Crippen LogP contribution is 2.39. The van der Waals surface area contributed by atoms with E-state index in [9.17, 15) is 9.18 Å². The Labute approximate surface area is 201 Å². The van der Waals surface area contributed by atoms with Crippen LogP contribution in [-0.4, -0.2) is 28.9 Å². The van der Waals surface area contributed by atoms with Crippen molar-refractivity contribution in [3.8, 4) is 0 Å². The van der Waals surface area contributed by atoms with Crippen molar-refractivity contribution in [3.63, 3.8) is 0 Å². The zero-order valence-electron chi connectivity index (χ0n) is 19.0. The Kier molecular flexibility index (Phi) is 8.59. The van der Waals surface area contributed by atoms with Crippen molar-refractivity contribution in [3.05, 3.63) is 95.6 Å². The maximum absolute atomic E-state index is 14.3.